The largest absolute Gasteiger partial charge is 0.494 e. The third kappa shape index (κ3) is 5.70. The molecule has 0 atom stereocenters. The molecule has 0 aliphatic carbocycles. The Hall–Kier alpha value is -2.33. The van der Waals surface area contributed by atoms with Gasteiger partial charge in [0.25, 0.3) is 0 Å². The summed E-state index contributed by atoms with van der Waals surface area (Å²) in [7, 11) is 0. The van der Waals surface area contributed by atoms with Crippen LogP contribution in [0.4, 0.5) is 0 Å². The fraction of sp³-hybridized carbons (Fsp3) is 0.350. The van der Waals surface area contributed by atoms with Crippen molar-refractivity contribution in [3.8, 4) is 0 Å². The highest BCUT2D eigenvalue weighted by Gasteiger charge is 2.14. The molecule has 0 N–H and O–H groups in total. The number of hydrogen-bond acceptors (Lipinski definition) is 3. The van der Waals surface area contributed by atoms with Crippen LogP contribution in [0.15, 0.2) is 72.1 Å². The minimum Gasteiger partial charge on any atom is -0.494 e. The Morgan fingerprint density at radius 3 is 2.54 bits per heavy atom. The first-order valence-corrected chi connectivity index (χ1v) is 8.41. The van der Waals surface area contributed by atoms with E-state index < -0.39 is 0 Å². The van der Waals surface area contributed by atoms with Crippen molar-refractivity contribution in [1.82, 2.24) is 9.80 Å². The van der Waals surface area contributed by atoms with Crippen LogP contribution in [0.1, 0.15) is 12.5 Å². The van der Waals surface area contributed by atoms with Gasteiger partial charge in [0.1, 0.15) is 5.76 Å². The number of piperazine rings is 1. The number of benzene rings is 1. The number of rotatable bonds is 8. The smallest absolute Gasteiger partial charge is 0.120 e. The molecule has 1 aromatic carbocycles. The van der Waals surface area contributed by atoms with Gasteiger partial charge in [0.05, 0.1) is 12.9 Å². The van der Waals surface area contributed by atoms with Gasteiger partial charge in [0.15, 0.2) is 0 Å². The highest BCUT2D eigenvalue weighted by molar-refractivity contribution is 5.56. The third-order valence-corrected chi connectivity index (χ3v) is 3.96. The Balaban J connectivity index is 1.79. The molecule has 1 aromatic rings. The second-order valence-corrected chi connectivity index (χ2v) is 5.71. The average Bonchev–Trinajstić information content (AvgIpc) is 2.61. The summed E-state index contributed by atoms with van der Waals surface area (Å²) in [6.07, 6.45) is 5.36. The molecule has 4 nitrogen and oxygen atoms in total. The second-order valence-electron chi connectivity index (χ2n) is 5.71. The maximum absolute atomic E-state index is 5.38. The van der Waals surface area contributed by atoms with Gasteiger partial charge in [-0.2, -0.15) is 0 Å². The summed E-state index contributed by atoms with van der Waals surface area (Å²) < 4.78 is 5.38. The summed E-state index contributed by atoms with van der Waals surface area (Å²) in [4.78, 5) is 9.10. The Kier molecular flexibility index (Phi) is 7.30. The molecule has 4 heteroatoms. The van der Waals surface area contributed by atoms with Gasteiger partial charge in [-0.3, -0.25) is 4.90 Å². The zero-order valence-electron chi connectivity index (χ0n) is 14.5. The van der Waals surface area contributed by atoms with Crippen LogP contribution in [0.3, 0.4) is 0 Å². The van der Waals surface area contributed by atoms with Crippen LogP contribution in [0, 0.1) is 0 Å². The van der Waals surface area contributed by atoms with Crippen LogP contribution in [0.2, 0.25) is 0 Å². The van der Waals surface area contributed by atoms with Crippen molar-refractivity contribution < 1.29 is 4.74 Å². The van der Waals surface area contributed by atoms with Gasteiger partial charge in [-0.15, -0.1) is 0 Å². The van der Waals surface area contributed by atoms with Gasteiger partial charge >= 0.3 is 0 Å². The molecule has 0 unspecified atom stereocenters. The van der Waals surface area contributed by atoms with Crippen molar-refractivity contribution in [2.75, 3.05) is 32.8 Å². The molecule has 2 rings (SSSR count). The SMILES string of the molecule is C=C/C(=C\N=CN1CCN(Cc2ccccc2)CC1)C(=C)OCC. The first-order chi connectivity index (χ1) is 11.7. The van der Waals surface area contributed by atoms with Crippen LogP contribution >= 0.6 is 0 Å². The highest BCUT2D eigenvalue weighted by Crippen LogP contribution is 2.11. The highest BCUT2D eigenvalue weighted by atomic mass is 16.5. The van der Waals surface area contributed by atoms with Crippen molar-refractivity contribution in [2.24, 2.45) is 4.99 Å². The molecule has 0 amide bonds. The van der Waals surface area contributed by atoms with Crippen LogP contribution in [-0.2, 0) is 11.3 Å². The maximum Gasteiger partial charge on any atom is 0.120 e. The van der Waals surface area contributed by atoms with E-state index in [1.54, 1.807) is 12.3 Å². The molecule has 0 radical (unpaired) electrons. The van der Waals surface area contributed by atoms with E-state index in [0.29, 0.717) is 12.4 Å². The van der Waals surface area contributed by atoms with Crippen LogP contribution in [0.5, 0.6) is 0 Å². The number of nitrogens with zero attached hydrogens (tertiary/aromatic N) is 3. The predicted octanol–water partition coefficient (Wildman–Crippen LogP) is 3.45. The van der Waals surface area contributed by atoms with Crippen molar-refractivity contribution in [2.45, 2.75) is 13.5 Å². The summed E-state index contributed by atoms with van der Waals surface area (Å²) >= 11 is 0. The van der Waals surface area contributed by atoms with Crippen molar-refractivity contribution in [1.29, 1.82) is 0 Å². The van der Waals surface area contributed by atoms with E-state index in [1.165, 1.54) is 5.56 Å². The molecule has 0 aromatic heterocycles. The molecule has 1 aliphatic rings. The Morgan fingerprint density at radius 1 is 1.21 bits per heavy atom. The molecule has 1 fully saturated rings. The van der Waals surface area contributed by atoms with E-state index in [4.69, 9.17) is 4.74 Å². The molecular weight excluding hydrogens is 298 g/mol. The molecule has 1 aliphatic heterocycles. The first kappa shape index (κ1) is 18.0. The summed E-state index contributed by atoms with van der Waals surface area (Å²) in [6.45, 7) is 15.3. The Bertz CT molecular complexity index is 584. The molecule has 128 valence electrons. The Morgan fingerprint density at radius 2 is 1.92 bits per heavy atom. The second kappa shape index (κ2) is 9.73. The zero-order chi connectivity index (χ0) is 17.2. The average molecular weight is 325 g/mol. The maximum atomic E-state index is 5.38. The summed E-state index contributed by atoms with van der Waals surface area (Å²) in [6, 6.07) is 10.6. The summed E-state index contributed by atoms with van der Waals surface area (Å²) in [5.41, 5.74) is 2.18. The van der Waals surface area contributed by atoms with Gasteiger partial charge in [-0.1, -0.05) is 49.6 Å². The molecular formula is C20H27N3O. The summed E-state index contributed by atoms with van der Waals surface area (Å²) in [5.74, 6) is 0.609. The van der Waals surface area contributed by atoms with Gasteiger partial charge in [0, 0.05) is 44.5 Å². The molecule has 0 spiro atoms. The lowest BCUT2D eigenvalue weighted by molar-refractivity contribution is 0.178. The van der Waals surface area contributed by atoms with Crippen LogP contribution in [-0.4, -0.2) is 48.9 Å². The number of allylic oxidation sites excluding steroid dienone is 1. The van der Waals surface area contributed by atoms with Crippen LogP contribution < -0.4 is 0 Å². The number of ether oxygens (including phenoxy) is 1. The molecule has 1 heterocycles. The monoisotopic (exact) mass is 325 g/mol. The molecule has 24 heavy (non-hydrogen) atoms. The lowest BCUT2D eigenvalue weighted by atomic mass is 10.2. The van der Waals surface area contributed by atoms with Gasteiger partial charge < -0.3 is 9.64 Å². The van der Waals surface area contributed by atoms with Crippen molar-refractivity contribution >= 4 is 6.34 Å². The standard InChI is InChI=1S/C20H27N3O/c1-4-20(18(3)24-5-2)15-21-17-23-13-11-22(12-14-23)16-19-9-7-6-8-10-19/h4,6-10,15,17H,1,3,5,11-14,16H2,2H3/b20-15+,21-17?. The first-order valence-electron chi connectivity index (χ1n) is 8.41. The Labute approximate surface area is 145 Å². The van der Waals surface area contributed by atoms with Crippen molar-refractivity contribution in [3.05, 3.63) is 72.7 Å². The van der Waals surface area contributed by atoms with Gasteiger partial charge in [-0.25, -0.2) is 4.99 Å². The predicted molar refractivity (Wildman–Crippen MR) is 101 cm³/mol. The number of hydrogen-bond donors (Lipinski definition) is 0. The summed E-state index contributed by atoms with van der Waals surface area (Å²) in [5, 5.41) is 0. The van der Waals surface area contributed by atoms with E-state index in [2.05, 4.69) is 58.3 Å². The quantitative estimate of drug-likeness (QED) is 0.317. The molecule has 0 bridgehead atoms. The van der Waals surface area contributed by atoms with Crippen LogP contribution in [0.25, 0.3) is 0 Å². The van der Waals surface area contributed by atoms with E-state index >= 15 is 0 Å². The van der Waals surface area contributed by atoms with E-state index in [0.717, 1.165) is 38.3 Å². The van der Waals surface area contributed by atoms with Gasteiger partial charge in [0.2, 0.25) is 0 Å². The fourth-order valence-electron chi connectivity index (χ4n) is 2.58. The van der Waals surface area contributed by atoms with E-state index in [1.807, 2.05) is 13.3 Å². The lowest BCUT2D eigenvalue weighted by Crippen LogP contribution is -2.45. The third-order valence-electron chi connectivity index (χ3n) is 3.96. The number of aliphatic imine (C=N–C) groups is 1. The zero-order valence-corrected chi connectivity index (χ0v) is 14.5. The van der Waals surface area contributed by atoms with E-state index in [-0.39, 0.29) is 0 Å². The molecule has 1 saturated heterocycles. The minimum atomic E-state index is 0.594. The topological polar surface area (TPSA) is 28.1 Å². The van der Waals surface area contributed by atoms with E-state index in [9.17, 15) is 0 Å². The minimum absolute atomic E-state index is 0.594. The normalized spacial score (nSPS) is 16.4. The fourth-order valence-corrected chi connectivity index (χ4v) is 2.58. The lowest BCUT2D eigenvalue weighted by Gasteiger charge is -2.33. The van der Waals surface area contributed by atoms with Crippen molar-refractivity contribution in [3.63, 3.8) is 0 Å². The van der Waals surface area contributed by atoms with Gasteiger partial charge in [-0.05, 0) is 12.5 Å². The molecule has 0 saturated carbocycles.